The third kappa shape index (κ3) is 4.87. The molecule has 0 aromatic heterocycles. The van der Waals surface area contributed by atoms with Gasteiger partial charge < -0.3 is 9.47 Å². The zero-order valence-corrected chi connectivity index (χ0v) is 16.6. The number of aryl methyl sites for hydroxylation is 1. The Kier molecular flexibility index (Phi) is 6.97. The Morgan fingerprint density at radius 1 is 1.38 bits per heavy atom. The molecular weight excluding hydrogens is 316 g/mol. The van der Waals surface area contributed by atoms with Crippen molar-refractivity contribution in [1.82, 2.24) is 0 Å². The van der Waals surface area contributed by atoms with Crippen LogP contribution in [0.4, 0.5) is 0 Å². The van der Waals surface area contributed by atoms with Crippen LogP contribution in [0.15, 0.2) is 41.3 Å². The molecule has 1 aliphatic rings. The Bertz CT molecular complexity index is 535. The molecule has 0 saturated carbocycles. The number of benzene rings is 1. The van der Waals surface area contributed by atoms with E-state index in [9.17, 15) is 0 Å². The second kappa shape index (κ2) is 8.55. The van der Waals surface area contributed by atoms with Crippen LogP contribution in [0.5, 0.6) is 0 Å². The highest BCUT2D eigenvalue weighted by molar-refractivity contribution is 8.00. The van der Waals surface area contributed by atoms with Crippen LogP contribution in [0.25, 0.3) is 0 Å². The fraction of sp³-hybridized carbons (Fsp3) is 0.619. The van der Waals surface area contributed by atoms with E-state index in [2.05, 4.69) is 58.5 Å². The van der Waals surface area contributed by atoms with Crippen molar-refractivity contribution in [1.29, 1.82) is 0 Å². The van der Waals surface area contributed by atoms with Crippen LogP contribution in [0.2, 0.25) is 0 Å². The maximum atomic E-state index is 6.29. The molecule has 2 rings (SSSR count). The molecule has 0 radical (unpaired) electrons. The molecule has 1 aromatic rings. The van der Waals surface area contributed by atoms with Crippen molar-refractivity contribution >= 4 is 11.8 Å². The highest BCUT2D eigenvalue weighted by atomic mass is 32.2. The Hall–Kier alpha value is -0.770. The molecule has 0 bridgehead atoms. The second-order valence-electron chi connectivity index (χ2n) is 7.61. The van der Waals surface area contributed by atoms with Crippen LogP contribution in [0.3, 0.4) is 0 Å². The van der Waals surface area contributed by atoms with Crippen molar-refractivity contribution < 1.29 is 9.47 Å². The van der Waals surface area contributed by atoms with Crippen LogP contribution in [0.1, 0.15) is 45.6 Å². The highest BCUT2D eigenvalue weighted by Gasteiger charge is 2.44. The summed E-state index contributed by atoms with van der Waals surface area (Å²) in [6, 6.07) is 8.82. The number of ether oxygens (including phenoxy) is 2. The quantitative estimate of drug-likeness (QED) is 0.594. The molecule has 0 N–H and O–H groups in total. The van der Waals surface area contributed by atoms with Gasteiger partial charge >= 0.3 is 0 Å². The van der Waals surface area contributed by atoms with Crippen LogP contribution >= 0.6 is 11.8 Å². The Balaban J connectivity index is 2.17. The smallest absolute Gasteiger partial charge is 0.0772 e. The van der Waals surface area contributed by atoms with Gasteiger partial charge in [-0.2, -0.15) is 0 Å². The van der Waals surface area contributed by atoms with E-state index in [0.29, 0.717) is 5.25 Å². The summed E-state index contributed by atoms with van der Waals surface area (Å²) in [5.74, 6) is 0. The number of hydrogen-bond donors (Lipinski definition) is 0. The molecular formula is C21H32O2S. The van der Waals surface area contributed by atoms with Crippen molar-refractivity contribution in [2.75, 3.05) is 13.7 Å². The van der Waals surface area contributed by atoms with Gasteiger partial charge in [0.25, 0.3) is 0 Å². The topological polar surface area (TPSA) is 18.5 Å². The summed E-state index contributed by atoms with van der Waals surface area (Å²) in [6.07, 6.45) is 3.51. The van der Waals surface area contributed by atoms with Gasteiger partial charge in [0.15, 0.2) is 0 Å². The molecule has 0 spiro atoms. The molecule has 2 nitrogen and oxygen atoms in total. The molecule has 1 saturated heterocycles. The Morgan fingerprint density at radius 2 is 2.04 bits per heavy atom. The second-order valence-corrected chi connectivity index (χ2v) is 8.92. The fourth-order valence-electron chi connectivity index (χ4n) is 3.51. The van der Waals surface area contributed by atoms with E-state index in [4.69, 9.17) is 9.47 Å². The average Bonchev–Trinajstić information content (AvgIpc) is 2.55. The summed E-state index contributed by atoms with van der Waals surface area (Å²) in [5, 5.41) is 0.458. The summed E-state index contributed by atoms with van der Waals surface area (Å²) in [6.45, 7) is 13.7. The number of hydrogen-bond acceptors (Lipinski definition) is 3. The van der Waals surface area contributed by atoms with Gasteiger partial charge in [0, 0.05) is 29.3 Å². The third-order valence-electron chi connectivity index (χ3n) is 4.96. The zero-order valence-electron chi connectivity index (χ0n) is 15.8. The summed E-state index contributed by atoms with van der Waals surface area (Å²) >= 11 is 1.95. The number of methoxy groups -OCH3 is 1. The number of thioether (sulfide) groups is 1. The predicted molar refractivity (Wildman–Crippen MR) is 104 cm³/mol. The first-order valence-electron chi connectivity index (χ1n) is 8.86. The van der Waals surface area contributed by atoms with Gasteiger partial charge in [0.2, 0.25) is 0 Å². The van der Waals surface area contributed by atoms with Crippen LogP contribution < -0.4 is 0 Å². The van der Waals surface area contributed by atoms with Crippen LogP contribution in [-0.2, 0) is 9.47 Å². The molecule has 1 aromatic carbocycles. The molecule has 0 unspecified atom stereocenters. The van der Waals surface area contributed by atoms with Crippen molar-refractivity contribution in [2.45, 2.75) is 69.3 Å². The molecule has 1 heterocycles. The third-order valence-corrected chi connectivity index (χ3v) is 6.29. The maximum absolute atomic E-state index is 6.29. The van der Waals surface area contributed by atoms with Gasteiger partial charge in [-0.05, 0) is 45.2 Å². The van der Waals surface area contributed by atoms with E-state index in [1.807, 2.05) is 11.8 Å². The number of rotatable bonds is 7. The highest BCUT2D eigenvalue weighted by Crippen LogP contribution is 2.43. The maximum Gasteiger partial charge on any atom is 0.0772 e. The van der Waals surface area contributed by atoms with E-state index in [1.165, 1.54) is 16.9 Å². The molecule has 24 heavy (non-hydrogen) atoms. The lowest BCUT2D eigenvalue weighted by Crippen LogP contribution is -2.50. The molecule has 0 amide bonds. The first-order valence-corrected chi connectivity index (χ1v) is 9.74. The van der Waals surface area contributed by atoms with Gasteiger partial charge in [-0.25, -0.2) is 0 Å². The molecule has 0 aliphatic carbocycles. The minimum Gasteiger partial charge on any atom is -0.380 e. The average molecular weight is 349 g/mol. The summed E-state index contributed by atoms with van der Waals surface area (Å²) < 4.78 is 12.1. The van der Waals surface area contributed by atoms with Crippen LogP contribution in [-0.4, -0.2) is 31.2 Å². The lowest BCUT2D eigenvalue weighted by Gasteiger charge is -2.45. The van der Waals surface area contributed by atoms with Gasteiger partial charge in [-0.1, -0.05) is 37.1 Å². The van der Waals surface area contributed by atoms with E-state index in [1.54, 1.807) is 7.11 Å². The summed E-state index contributed by atoms with van der Waals surface area (Å²) in [7, 11) is 1.81. The fourth-order valence-corrected chi connectivity index (χ4v) is 4.99. The normalized spacial score (nSPS) is 23.0. The van der Waals surface area contributed by atoms with E-state index >= 15 is 0 Å². The Morgan fingerprint density at radius 3 is 2.62 bits per heavy atom. The first kappa shape index (κ1) is 19.6. The van der Waals surface area contributed by atoms with Gasteiger partial charge in [0.05, 0.1) is 12.2 Å². The van der Waals surface area contributed by atoms with Gasteiger partial charge in [-0.3, -0.25) is 0 Å². The molecule has 1 fully saturated rings. The molecule has 134 valence electrons. The SMILES string of the molecule is C=C(C)C[C@@H](OC)C(C)(C)[C@H]1OCCC[C@@H]1Sc1ccc(C)cc1. The predicted octanol–water partition coefficient (Wildman–Crippen LogP) is 5.64. The lowest BCUT2D eigenvalue weighted by molar-refractivity contribution is -0.111. The Labute approximate surface area is 152 Å². The standard InChI is InChI=1S/C21H32O2S/c1-15(2)14-19(22-6)21(4,5)20-18(8-7-13-23-20)24-17-11-9-16(3)10-12-17/h9-12,18-20H,1,7-8,13-14H2,2-6H3/t18-,19+,20-/m0/s1. The van der Waals surface area contributed by atoms with Crippen molar-refractivity contribution in [3.63, 3.8) is 0 Å². The molecule has 1 aliphatic heterocycles. The van der Waals surface area contributed by atoms with Crippen molar-refractivity contribution in [2.24, 2.45) is 5.41 Å². The van der Waals surface area contributed by atoms with E-state index in [-0.39, 0.29) is 17.6 Å². The van der Waals surface area contributed by atoms with Crippen LogP contribution in [0, 0.1) is 12.3 Å². The monoisotopic (exact) mass is 348 g/mol. The van der Waals surface area contributed by atoms with Crippen molar-refractivity contribution in [3.8, 4) is 0 Å². The van der Waals surface area contributed by atoms with Crippen molar-refractivity contribution in [3.05, 3.63) is 42.0 Å². The lowest BCUT2D eigenvalue weighted by atomic mass is 9.75. The van der Waals surface area contributed by atoms with E-state index < -0.39 is 0 Å². The summed E-state index contributed by atoms with van der Waals surface area (Å²) in [4.78, 5) is 1.32. The molecule has 3 heteroatoms. The first-order chi connectivity index (χ1) is 11.3. The van der Waals surface area contributed by atoms with E-state index in [0.717, 1.165) is 25.0 Å². The molecule has 3 atom stereocenters. The minimum atomic E-state index is -0.0590. The van der Waals surface area contributed by atoms with Gasteiger partial charge in [-0.15, -0.1) is 18.3 Å². The van der Waals surface area contributed by atoms with Gasteiger partial charge in [0.1, 0.15) is 0 Å². The summed E-state index contributed by atoms with van der Waals surface area (Å²) in [5.41, 5.74) is 2.40. The largest absolute Gasteiger partial charge is 0.380 e. The zero-order chi connectivity index (χ0) is 17.7. The minimum absolute atomic E-state index is 0.0590.